The summed E-state index contributed by atoms with van der Waals surface area (Å²) in [6.45, 7) is 5.26. The number of esters is 1. The highest BCUT2D eigenvalue weighted by atomic mass is 35.5. The van der Waals surface area contributed by atoms with Crippen molar-refractivity contribution in [1.82, 2.24) is 25.5 Å². The molecule has 5 rings (SSSR count). The first kappa shape index (κ1) is 35.9. The minimum Gasteiger partial charge on any atom is -0.456 e. The van der Waals surface area contributed by atoms with Gasteiger partial charge in [-0.25, -0.2) is 4.79 Å². The van der Waals surface area contributed by atoms with Crippen LogP contribution in [0.15, 0.2) is 103 Å². The van der Waals surface area contributed by atoms with Crippen LogP contribution in [0.2, 0.25) is 5.02 Å². The van der Waals surface area contributed by atoms with Gasteiger partial charge in [0, 0.05) is 28.4 Å². The number of benzene rings is 4. The first-order chi connectivity index (χ1) is 24.3. The van der Waals surface area contributed by atoms with Crippen LogP contribution in [0.25, 0.3) is 5.69 Å². The van der Waals surface area contributed by atoms with Gasteiger partial charge in [-0.05, 0) is 103 Å². The third-order valence-corrected chi connectivity index (χ3v) is 7.34. The van der Waals surface area contributed by atoms with Crippen LogP contribution < -0.4 is 21.3 Å². The van der Waals surface area contributed by atoms with Crippen molar-refractivity contribution in [3.05, 3.63) is 125 Å². The van der Waals surface area contributed by atoms with Crippen LogP contribution in [0.1, 0.15) is 47.1 Å². The molecule has 0 aliphatic carbocycles. The van der Waals surface area contributed by atoms with Crippen LogP contribution in [0.4, 0.5) is 17.1 Å². The molecule has 4 N–H and O–H groups in total. The van der Waals surface area contributed by atoms with Crippen molar-refractivity contribution < 1.29 is 28.7 Å². The summed E-state index contributed by atoms with van der Waals surface area (Å²) in [5, 5.41) is 21.8. The second kappa shape index (κ2) is 15.9. The zero-order valence-electron chi connectivity index (χ0n) is 27.7. The summed E-state index contributed by atoms with van der Waals surface area (Å²) in [6, 6.07) is 24.8. The molecule has 0 radical (unpaired) electrons. The number of halogens is 1. The van der Waals surface area contributed by atoms with Crippen LogP contribution >= 0.6 is 11.6 Å². The van der Waals surface area contributed by atoms with Crippen molar-refractivity contribution in [3.8, 4) is 5.69 Å². The lowest BCUT2D eigenvalue weighted by molar-refractivity contribution is -0.137. The van der Waals surface area contributed by atoms with E-state index in [-0.39, 0.29) is 28.6 Å². The Morgan fingerprint density at radius 1 is 0.784 bits per heavy atom. The van der Waals surface area contributed by atoms with Crippen LogP contribution in [-0.2, 0) is 25.5 Å². The first-order valence-corrected chi connectivity index (χ1v) is 16.0. The summed E-state index contributed by atoms with van der Waals surface area (Å²) in [6.07, 6.45) is 1.28. The predicted molar refractivity (Wildman–Crippen MR) is 190 cm³/mol. The highest BCUT2D eigenvalue weighted by molar-refractivity contribution is 6.40. The molecule has 5 aromatic rings. The van der Waals surface area contributed by atoms with Crippen LogP contribution in [0.3, 0.4) is 0 Å². The molecule has 4 amide bonds. The quantitative estimate of drug-likeness (QED) is 0.116. The van der Waals surface area contributed by atoms with E-state index in [0.717, 1.165) is 0 Å². The lowest BCUT2D eigenvalue weighted by Crippen LogP contribution is -2.49. The van der Waals surface area contributed by atoms with Gasteiger partial charge in [-0.2, -0.15) is 4.68 Å². The number of nitrogens with one attached hydrogen (secondary N) is 4. The number of nitrogens with zero attached hydrogens (tertiary/aromatic N) is 4. The maximum absolute atomic E-state index is 13.6. The summed E-state index contributed by atoms with van der Waals surface area (Å²) in [5.74, 6) is -3.64. The number of carbonyl (C=O) groups is 5. The van der Waals surface area contributed by atoms with Crippen molar-refractivity contribution in [1.29, 1.82) is 0 Å². The van der Waals surface area contributed by atoms with Crippen molar-refractivity contribution >= 4 is 58.3 Å². The molecule has 51 heavy (non-hydrogen) atoms. The lowest BCUT2D eigenvalue weighted by atomic mass is 10.0. The normalized spacial score (nSPS) is 11.5. The van der Waals surface area contributed by atoms with E-state index in [0.29, 0.717) is 28.2 Å². The molecule has 15 heteroatoms. The fraction of sp³-hybridized carbons (Fsp3) is 0.167. The Bertz CT molecular complexity index is 2030. The van der Waals surface area contributed by atoms with Gasteiger partial charge in [0.25, 0.3) is 5.91 Å². The first-order valence-electron chi connectivity index (χ1n) is 15.6. The van der Waals surface area contributed by atoms with E-state index in [1.165, 1.54) is 41.3 Å². The van der Waals surface area contributed by atoms with Gasteiger partial charge in [0.05, 0.1) is 16.9 Å². The summed E-state index contributed by atoms with van der Waals surface area (Å²) < 4.78 is 6.67. The smallest absolute Gasteiger partial charge is 0.338 e. The van der Waals surface area contributed by atoms with Crippen molar-refractivity contribution in [3.63, 3.8) is 0 Å². The Kier molecular flexibility index (Phi) is 11.2. The highest BCUT2D eigenvalue weighted by Gasteiger charge is 2.26. The number of hydrogen-bond acceptors (Lipinski definition) is 9. The molecule has 0 spiro atoms. The molecule has 1 aromatic heterocycles. The molecule has 0 saturated carbocycles. The highest BCUT2D eigenvalue weighted by Crippen LogP contribution is 2.24. The van der Waals surface area contributed by atoms with Gasteiger partial charge in [0.2, 0.25) is 5.91 Å². The maximum atomic E-state index is 13.6. The fourth-order valence-electron chi connectivity index (χ4n) is 4.70. The van der Waals surface area contributed by atoms with Gasteiger partial charge in [0.15, 0.2) is 0 Å². The SMILES string of the molecule is CC(C)(C)OC(=O)c1ccc(NC(=O)C(Cc2ccc(NC(=O)c3ccccc3)cc2)NC(=O)C(=O)Nc2cc(Cl)ccc2-n2cnnn2)cc1. The van der Waals surface area contributed by atoms with E-state index < -0.39 is 35.3 Å². The van der Waals surface area contributed by atoms with Crippen LogP contribution in [0, 0.1) is 0 Å². The van der Waals surface area contributed by atoms with E-state index in [1.807, 2.05) is 6.07 Å². The number of aromatic nitrogens is 4. The number of hydrogen-bond donors (Lipinski definition) is 4. The number of anilines is 3. The Balaban J connectivity index is 1.32. The van der Waals surface area contributed by atoms with Crippen molar-refractivity contribution in [2.45, 2.75) is 38.8 Å². The van der Waals surface area contributed by atoms with Gasteiger partial charge in [-0.1, -0.05) is 41.9 Å². The Hall–Kier alpha value is -6.41. The third-order valence-electron chi connectivity index (χ3n) is 7.11. The van der Waals surface area contributed by atoms with E-state index in [2.05, 4.69) is 36.8 Å². The number of rotatable bonds is 10. The average Bonchev–Trinajstić information content (AvgIpc) is 3.63. The van der Waals surface area contributed by atoms with Gasteiger partial charge >= 0.3 is 17.8 Å². The Labute approximate surface area is 297 Å². The molecule has 0 aliphatic heterocycles. The number of carbonyl (C=O) groups excluding carboxylic acids is 5. The number of ether oxygens (including phenoxy) is 1. The molecule has 14 nitrogen and oxygen atoms in total. The molecule has 1 heterocycles. The predicted octanol–water partition coefficient (Wildman–Crippen LogP) is 4.83. The molecule has 0 fully saturated rings. The van der Waals surface area contributed by atoms with Crippen LogP contribution in [-0.4, -0.2) is 61.4 Å². The van der Waals surface area contributed by atoms with Gasteiger partial charge in [-0.15, -0.1) is 5.10 Å². The van der Waals surface area contributed by atoms with Crippen LogP contribution in [0.5, 0.6) is 0 Å². The molecule has 0 aliphatic rings. The second-order valence-electron chi connectivity index (χ2n) is 12.2. The van der Waals surface area contributed by atoms with Gasteiger partial charge in [0.1, 0.15) is 18.0 Å². The summed E-state index contributed by atoms with van der Waals surface area (Å²) in [5.41, 5.74) is 2.04. The number of tetrazole rings is 1. The molecule has 1 unspecified atom stereocenters. The topological polar surface area (TPSA) is 186 Å². The van der Waals surface area contributed by atoms with E-state index in [1.54, 1.807) is 81.4 Å². The standard InChI is InChI=1S/C36H33ClN8O6/c1-36(2,3)51-35(50)24-11-16-27(17-12-24)40-32(47)29(19-22-9-14-26(15-10-22)39-31(46)23-7-5-4-6-8-23)42-34(49)33(48)41-28-20-25(37)13-18-30(28)45-21-38-43-44-45/h4-18,20-21,29H,19H2,1-3H3,(H,39,46)(H,40,47)(H,41,48)(H,42,49). The molecular weight excluding hydrogens is 676 g/mol. The molecule has 260 valence electrons. The zero-order chi connectivity index (χ0) is 36.5. The average molecular weight is 709 g/mol. The fourth-order valence-corrected chi connectivity index (χ4v) is 4.87. The molecule has 0 bridgehead atoms. The van der Waals surface area contributed by atoms with E-state index in [4.69, 9.17) is 16.3 Å². The zero-order valence-corrected chi connectivity index (χ0v) is 28.5. The number of amides is 4. The third kappa shape index (κ3) is 10.1. The Morgan fingerprint density at radius 2 is 1.45 bits per heavy atom. The minimum atomic E-state index is -1.24. The van der Waals surface area contributed by atoms with Crippen molar-refractivity contribution in [2.75, 3.05) is 16.0 Å². The minimum absolute atomic E-state index is 0.0270. The summed E-state index contributed by atoms with van der Waals surface area (Å²) >= 11 is 6.15. The monoisotopic (exact) mass is 708 g/mol. The van der Waals surface area contributed by atoms with E-state index >= 15 is 0 Å². The second-order valence-corrected chi connectivity index (χ2v) is 12.6. The summed E-state index contributed by atoms with van der Waals surface area (Å²) in [4.78, 5) is 65.0. The maximum Gasteiger partial charge on any atom is 0.338 e. The van der Waals surface area contributed by atoms with E-state index in [9.17, 15) is 24.0 Å². The van der Waals surface area contributed by atoms with Gasteiger partial charge in [-0.3, -0.25) is 19.2 Å². The molecular formula is C36H33ClN8O6. The molecule has 0 saturated heterocycles. The van der Waals surface area contributed by atoms with Gasteiger partial charge < -0.3 is 26.0 Å². The molecule has 1 atom stereocenters. The lowest BCUT2D eigenvalue weighted by Gasteiger charge is -2.20. The summed E-state index contributed by atoms with van der Waals surface area (Å²) in [7, 11) is 0. The largest absolute Gasteiger partial charge is 0.456 e. The van der Waals surface area contributed by atoms with Crippen molar-refractivity contribution in [2.24, 2.45) is 0 Å². The molecule has 4 aromatic carbocycles. The Morgan fingerprint density at radius 3 is 2.10 bits per heavy atom.